The van der Waals surface area contributed by atoms with Crippen molar-refractivity contribution in [2.75, 3.05) is 0 Å². The van der Waals surface area contributed by atoms with Gasteiger partial charge in [0, 0.05) is 24.8 Å². The summed E-state index contributed by atoms with van der Waals surface area (Å²) in [5.74, 6) is 0. The van der Waals surface area contributed by atoms with Crippen LogP contribution in [0, 0.1) is 0 Å². The van der Waals surface area contributed by atoms with Gasteiger partial charge in [0.1, 0.15) is 22.8 Å². The van der Waals surface area contributed by atoms with Crippen LogP contribution in [-0.4, -0.2) is 31.4 Å². The van der Waals surface area contributed by atoms with Crippen molar-refractivity contribution in [2.45, 2.75) is 0 Å². The summed E-state index contributed by atoms with van der Waals surface area (Å²) in [6.45, 7) is 0. The lowest BCUT2D eigenvalue weighted by molar-refractivity contribution is 1.19. The Labute approximate surface area is 231 Å². The Morgan fingerprint density at radius 2 is 0.800 bits per heavy atom. The minimum atomic E-state index is 0.636. The van der Waals surface area contributed by atoms with E-state index in [1.54, 1.807) is 24.8 Å². The molecule has 0 bridgehead atoms. The molecule has 7 rings (SSSR count). The van der Waals surface area contributed by atoms with Gasteiger partial charge in [0.05, 0.1) is 22.8 Å². The van der Waals surface area contributed by atoms with E-state index in [0.29, 0.717) is 45.6 Å². The molecule has 0 unspecified atom stereocenters. The molecule has 0 N–H and O–H groups in total. The molecule has 1 aliphatic heterocycles. The fraction of sp³-hybridized carbons (Fsp3) is 0. The predicted molar refractivity (Wildman–Crippen MR) is 158 cm³/mol. The molecule has 0 atom stereocenters. The third kappa shape index (κ3) is 4.48. The largest absolute Gasteiger partial charge is 0.254 e. The monoisotopic (exact) mass is 514 g/mol. The second-order valence-corrected chi connectivity index (χ2v) is 9.25. The maximum absolute atomic E-state index is 5.12. The first-order valence-electron chi connectivity index (χ1n) is 13.0. The SMILES string of the molecule is c1ccc(-c2ccnc(/C3=N/c4cccnc4/C(c4cc(-c5ccccc5)ccn4)=N\c4cccnc43)c2)cc1. The van der Waals surface area contributed by atoms with E-state index < -0.39 is 0 Å². The number of pyridine rings is 4. The first kappa shape index (κ1) is 23.5. The average Bonchev–Trinajstić information content (AvgIpc) is 3.03. The molecule has 0 aliphatic carbocycles. The van der Waals surface area contributed by atoms with Crippen molar-refractivity contribution >= 4 is 22.8 Å². The third-order valence-electron chi connectivity index (χ3n) is 6.71. The smallest absolute Gasteiger partial charge is 0.117 e. The zero-order valence-corrected chi connectivity index (χ0v) is 21.4. The molecule has 0 radical (unpaired) electrons. The van der Waals surface area contributed by atoms with E-state index in [2.05, 4.69) is 24.3 Å². The van der Waals surface area contributed by atoms with Crippen molar-refractivity contribution in [2.24, 2.45) is 9.98 Å². The molecule has 40 heavy (non-hydrogen) atoms. The number of nitrogens with zero attached hydrogens (tertiary/aromatic N) is 6. The van der Waals surface area contributed by atoms with Crippen molar-refractivity contribution < 1.29 is 0 Å². The Hall–Kier alpha value is -5.62. The van der Waals surface area contributed by atoms with Crippen LogP contribution >= 0.6 is 0 Å². The molecule has 0 spiro atoms. The van der Waals surface area contributed by atoms with Gasteiger partial charge >= 0.3 is 0 Å². The minimum absolute atomic E-state index is 0.636. The highest BCUT2D eigenvalue weighted by Crippen LogP contribution is 2.32. The van der Waals surface area contributed by atoms with Gasteiger partial charge in [0.2, 0.25) is 0 Å². The Balaban J connectivity index is 1.41. The summed E-state index contributed by atoms with van der Waals surface area (Å²) < 4.78 is 0. The summed E-state index contributed by atoms with van der Waals surface area (Å²) in [5, 5.41) is 0. The standard InChI is InChI=1S/C34H22N6/c1-3-9-23(10-4-1)25-15-19-35-29(21-25)33-31-27(13-7-17-37-31)40-34(32-28(39-33)14-8-18-38-32)30-22-26(16-20-36-30)24-11-5-2-6-12-24/h1-22H/b33-31?,34-32?,39-28?,39-33-,40-27?,40-34-. The van der Waals surface area contributed by atoms with Crippen LogP contribution in [-0.2, 0) is 0 Å². The number of hydrogen-bond acceptors (Lipinski definition) is 6. The summed E-state index contributed by atoms with van der Waals surface area (Å²) in [5.41, 5.74) is 9.62. The maximum atomic E-state index is 5.12. The molecule has 6 heteroatoms. The number of fused-ring (bicyclic) bond motifs is 2. The zero-order chi connectivity index (χ0) is 26.7. The van der Waals surface area contributed by atoms with Gasteiger partial charge in [-0.15, -0.1) is 0 Å². The van der Waals surface area contributed by atoms with Crippen molar-refractivity contribution in [1.82, 2.24) is 19.9 Å². The van der Waals surface area contributed by atoms with Crippen LogP contribution in [0.4, 0.5) is 11.4 Å². The van der Waals surface area contributed by atoms with Crippen molar-refractivity contribution in [3.63, 3.8) is 0 Å². The quantitative estimate of drug-likeness (QED) is 0.248. The normalized spacial score (nSPS) is 14.9. The van der Waals surface area contributed by atoms with Crippen LogP contribution in [0.1, 0.15) is 22.8 Å². The first-order chi connectivity index (χ1) is 19.8. The molecule has 0 fully saturated rings. The minimum Gasteiger partial charge on any atom is -0.254 e. The van der Waals surface area contributed by atoms with Crippen molar-refractivity contribution in [1.29, 1.82) is 0 Å². The number of rotatable bonds is 4. The van der Waals surface area contributed by atoms with Crippen molar-refractivity contribution in [3.05, 3.63) is 157 Å². The van der Waals surface area contributed by atoms with Gasteiger partial charge in [-0.1, -0.05) is 60.7 Å². The van der Waals surface area contributed by atoms with E-state index in [1.165, 1.54) is 0 Å². The summed E-state index contributed by atoms with van der Waals surface area (Å²) in [4.78, 5) is 29.1. The summed E-state index contributed by atoms with van der Waals surface area (Å²) in [6.07, 6.45) is 7.12. The molecular weight excluding hydrogens is 492 g/mol. The van der Waals surface area contributed by atoms with E-state index in [0.717, 1.165) is 22.3 Å². The second kappa shape index (κ2) is 10.3. The van der Waals surface area contributed by atoms with Crippen LogP contribution in [0.3, 0.4) is 0 Å². The van der Waals surface area contributed by atoms with Crippen LogP contribution < -0.4 is 0 Å². The zero-order valence-electron chi connectivity index (χ0n) is 21.4. The Bertz CT molecular complexity index is 1750. The number of hydrogen-bond donors (Lipinski definition) is 0. The molecule has 6 aromatic rings. The molecule has 0 amide bonds. The summed E-state index contributed by atoms with van der Waals surface area (Å²) in [7, 11) is 0. The lowest BCUT2D eigenvalue weighted by Crippen LogP contribution is -2.14. The van der Waals surface area contributed by atoms with Gasteiger partial charge in [-0.25, -0.2) is 9.98 Å². The fourth-order valence-electron chi connectivity index (χ4n) is 4.78. The number of benzene rings is 2. The average molecular weight is 515 g/mol. The van der Waals surface area contributed by atoms with Crippen LogP contribution in [0.5, 0.6) is 0 Å². The van der Waals surface area contributed by atoms with Gasteiger partial charge in [-0.3, -0.25) is 19.9 Å². The molecule has 0 saturated carbocycles. The second-order valence-electron chi connectivity index (χ2n) is 9.25. The Morgan fingerprint density at radius 1 is 0.350 bits per heavy atom. The maximum Gasteiger partial charge on any atom is 0.117 e. The van der Waals surface area contributed by atoms with Gasteiger partial charge in [0.15, 0.2) is 0 Å². The molecule has 1 aliphatic rings. The highest BCUT2D eigenvalue weighted by Gasteiger charge is 2.23. The van der Waals surface area contributed by atoms with E-state index in [-0.39, 0.29) is 0 Å². The van der Waals surface area contributed by atoms with Gasteiger partial charge in [-0.2, -0.15) is 0 Å². The summed E-state index contributed by atoms with van der Waals surface area (Å²) >= 11 is 0. The molecule has 0 saturated heterocycles. The van der Waals surface area contributed by atoms with Crippen LogP contribution in [0.15, 0.2) is 144 Å². The van der Waals surface area contributed by atoms with E-state index >= 15 is 0 Å². The Morgan fingerprint density at radius 3 is 1.25 bits per heavy atom. The third-order valence-corrected chi connectivity index (χ3v) is 6.71. The van der Waals surface area contributed by atoms with Gasteiger partial charge < -0.3 is 0 Å². The Kier molecular flexibility index (Phi) is 6.03. The molecular formula is C34H22N6. The number of aromatic nitrogens is 4. The lowest BCUT2D eigenvalue weighted by Gasteiger charge is -2.16. The number of aliphatic imine (C=N–C) groups is 2. The first-order valence-corrected chi connectivity index (χ1v) is 13.0. The predicted octanol–water partition coefficient (Wildman–Crippen LogP) is 7.25. The van der Waals surface area contributed by atoms with E-state index in [9.17, 15) is 0 Å². The van der Waals surface area contributed by atoms with E-state index in [4.69, 9.17) is 29.9 Å². The highest BCUT2D eigenvalue weighted by atomic mass is 14.9. The van der Waals surface area contributed by atoms with Gasteiger partial charge in [-0.05, 0) is 70.8 Å². The van der Waals surface area contributed by atoms with Crippen molar-refractivity contribution in [3.8, 4) is 22.3 Å². The fourth-order valence-corrected chi connectivity index (χ4v) is 4.78. The summed E-state index contributed by atoms with van der Waals surface area (Å²) in [6, 6.07) is 36.2. The highest BCUT2D eigenvalue weighted by molar-refractivity contribution is 6.20. The van der Waals surface area contributed by atoms with Gasteiger partial charge in [0.25, 0.3) is 0 Å². The topological polar surface area (TPSA) is 76.3 Å². The molecule has 188 valence electrons. The molecule has 4 aromatic heterocycles. The van der Waals surface area contributed by atoms with E-state index in [1.807, 2.05) is 84.9 Å². The van der Waals surface area contributed by atoms with Crippen LogP contribution in [0.25, 0.3) is 22.3 Å². The molecule has 6 nitrogen and oxygen atoms in total. The lowest BCUT2D eigenvalue weighted by atomic mass is 10.0. The van der Waals surface area contributed by atoms with Crippen LogP contribution in [0.2, 0.25) is 0 Å². The molecule has 2 aromatic carbocycles. The molecule has 5 heterocycles.